The summed E-state index contributed by atoms with van der Waals surface area (Å²) in [5.74, 6) is 3.17. The molecule has 186 valence electrons. The molecular formula is C32H36N2O2. The van der Waals surface area contributed by atoms with Crippen molar-refractivity contribution in [3.63, 3.8) is 0 Å². The van der Waals surface area contributed by atoms with Crippen LogP contribution in [0.15, 0.2) is 97.1 Å². The van der Waals surface area contributed by atoms with Crippen LogP contribution in [0.25, 0.3) is 0 Å². The highest BCUT2D eigenvalue weighted by molar-refractivity contribution is 5.47. The molecule has 0 aliphatic carbocycles. The molecule has 0 aromatic heterocycles. The van der Waals surface area contributed by atoms with Crippen LogP contribution in [0.5, 0.6) is 23.0 Å². The zero-order valence-corrected chi connectivity index (χ0v) is 21.2. The third-order valence-corrected chi connectivity index (χ3v) is 6.74. The standard InChI is InChI=1S/C32H36N2O2/c1-3-4-5-6-23-32(2,24-7-15-28(16-8-24)35-30-19-11-26(33)12-20-30)25-9-17-29(18-10-25)36-31-21-13-27(34)14-22-31/h7-22H,3-6,23,33-34H2,1-2H3. The van der Waals surface area contributed by atoms with Gasteiger partial charge in [0.05, 0.1) is 0 Å². The van der Waals surface area contributed by atoms with E-state index in [0.29, 0.717) is 0 Å². The van der Waals surface area contributed by atoms with Crippen molar-refractivity contribution in [2.75, 3.05) is 11.5 Å². The Kier molecular flexibility index (Phi) is 8.17. The number of hydrogen-bond acceptors (Lipinski definition) is 4. The Morgan fingerprint density at radius 3 is 1.25 bits per heavy atom. The van der Waals surface area contributed by atoms with Crippen molar-refractivity contribution < 1.29 is 9.47 Å². The van der Waals surface area contributed by atoms with E-state index < -0.39 is 0 Å². The highest BCUT2D eigenvalue weighted by atomic mass is 16.5. The van der Waals surface area contributed by atoms with E-state index in [2.05, 4.69) is 62.4 Å². The van der Waals surface area contributed by atoms with Gasteiger partial charge in [0, 0.05) is 16.8 Å². The second-order valence-corrected chi connectivity index (χ2v) is 9.53. The molecule has 0 saturated carbocycles. The molecule has 0 atom stereocenters. The number of benzene rings is 4. The van der Waals surface area contributed by atoms with E-state index >= 15 is 0 Å². The van der Waals surface area contributed by atoms with E-state index in [4.69, 9.17) is 20.9 Å². The first-order chi connectivity index (χ1) is 17.5. The van der Waals surface area contributed by atoms with Gasteiger partial charge in [-0.05, 0) is 90.3 Å². The summed E-state index contributed by atoms with van der Waals surface area (Å²) in [5, 5.41) is 0. The maximum absolute atomic E-state index is 6.02. The summed E-state index contributed by atoms with van der Waals surface area (Å²) in [6, 6.07) is 31.9. The topological polar surface area (TPSA) is 70.5 Å². The number of hydrogen-bond donors (Lipinski definition) is 2. The second kappa shape index (κ2) is 11.7. The van der Waals surface area contributed by atoms with Crippen molar-refractivity contribution >= 4 is 11.4 Å². The molecule has 36 heavy (non-hydrogen) atoms. The van der Waals surface area contributed by atoms with Crippen LogP contribution >= 0.6 is 0 Å². The molecule has 4 aromatic rings. The van der Waals surface area contributed by atoms with Gasteiger partial charge in [0.25, 0.3) is 0 Å². The predicted octanol–water partition coefficient (Wildman–Crippen LogP) is 8.71. The highest BCUT2D eigenvalue weighted by Crippen LogP contribution is 2.39. The van der Waals surface area contributed by atoms with Crippen LogP contribution in [0, 0.1) is 0 Å². The molecule has 0 unspecified atom stereocenters. The first kappa shape index (κ1) is 25.2. The first-order valence-corrected chi connectivity index (χ1v) is 12.7. The number of ether oxygens (including phenoxy) is 2. The normalized spacial score (nSPS) is 11.3. The summed E-state index contributed by atoms with van der Waals surface area (Å²) in [7, 11) is 0. The molecular weight excluding hydrogens is 444 g/mol. The monoisotopic (exact) mass is 480 g/mol. The van der Waals surface area contributed by atoms with Crippen LogP contribution in [-0.4, -0.2) is 0 Å². The van der Waals surface area contributed by atoms with Crippen LogP contribution in [0.2, 0.25) is 0 Å². The van der Waals surface area contributed by atoms with Crippen molar-refractivity contribution in [3.8, 4) is 23.0 Å². The van der Waals surface area contributed by atoms with Crippen molar-refractivity contribution in [1.82, 2.24) is 0 Å². The van der Waals surface area contributed by atoms with Gasteiger partial charge in [0.15, 0.2) is 0 Å². The summed E-state index contributed by atoms with van der Waals surface area (Å²) in [5.41, 5.74) is 15.5. The molecule has 0 amide bonds. The summed E-state index contributed by atoms with van der Waals surface area (Å²) in [6.45, 7) is 4.59. The smallest absolute Gasteiger partial charge is 0.127 e. The molecule has 0 heterocycles. The number of anilines is 2. The summed E-state index contributed by atoms with van der Waals surface area (Å²) >= 11 is 0. The minimum absolute atomic E-state index is 0.118. The van der Waals surface area contributed by atoms with Gasteiger partial charge in [-0.2, -0.15) is 0 Å². The lowest BCUT2D eigenvalue weighted by Gasteiger charge is -2.31. The van der Waals surface area contributed by atoms with Crippen LogP contribution in [0.3, 0.4) is 0 Å². The maximum atomic E-state index is 6.02. The van der Waals surface area contributed by atoms with Crippen LogP contribution in [-0.2, 0) is 5.41 Å². The van der Waals surface area contributed by atoms with Crippen LogP contribution in [0.1, 0.15) is 57.1 Å². The van der Waals surface area contributed by atoms with Crippen LogP contribution < -0.4 is 20.9 Å². The minimum atomic E-state index is -0.118. The van der Waals surface area contributed by atoms with E-state index in [1.165, 1.54) is 36.8 Å². The molecule has 0 fully saturated rings. The SMILES string of the molecule is CCCCCCC(C)(c1ccc(Oc2ccc(N)cc2)cc1)c1ccc(Oc2ccc(N)cc2)cc1. The number of nitrogen functional groups attached to an aromatic ring is 2. The van der Waals surface area contributed by atoms with Crippen molar-refractivity contribution in [1.29, 1.82) is 0 Å². The van der Waals surface area contributed by atoms with E-state index in [-0.39, 0.29) is 5.41 Å². The fourth-order valence-corrected chi connectivity index (χ4v) is 4.49. The molecule has 4 heteroatoms. The molecule has 0 aliphatic heterocycles. The zero-order chi connectivity index (χ0) is 25.4. The second-order valence-electron chi connectivity index (χ2n) is 9.53. The third kappa shape index (κ3) is 6.39. The molecule has 4 nitrogen and oxygen atoms in total. The molecule has 4 rings (SSSR count). The van der Waals surface area contributed by atoms with Gasteiger partial charge in [-0.1, -0.05) is 63.8 Å². The van der Waals surface area contributed by atoms with Gasteiger partial charge in [0.1, 0.15) is 23.0 Å². The Balaban J connectivity index is 1.54. The van der Waals surface area contributed by atoms with Gasteiger partial charge in [-0.3, -0.25) is 0 Å². The number of unbranched alkanes of at least 4 members (excludes halogenated alkanes) is 3. The highest BCUT2D eigenvalue weighted by Gasteiger charge is 2.28. The summed E-state index contributed by atoms with van der Waals surface area (Å²) in [6.07, 6.45) is 5.98. The zero-order valence-electron chi connectivity index (χ0n) is 21.2. The Morgan fingerprint density at radius 2 is 0.889 bits per heavy atom. The lowest BCUT2D eigenvalue weighted by molar-refractivity contribution is 0.467. The number of nitrogens with two attached hydrogens (primary N) is 2. The maximum Gasteiger partial charge on any atom is 0.127 e. The predicted molar refractivity (Wildman–Crippen MR) is 150 cm³/mol. The van der Waals surface area contributed by atoms with E-state index in [1.807, 2.05) is 48.5 Å². The summed E-state index contributed by atoms with van der Waals surface area (Å²) < 4.78 is 12.0. The molecule has 0 saturated heterocycles. The van der Waals surface area contributed by atoms with E-state index in [9.17, 15) is 0 Å². The largest absolute Gasteiger partial charge is 0.457 e. The lowest BCUT2D eigenvalue weighted by atomic mass is 9.72. The Hall–Kier alpha value is -3.92. The molecule has 4 aromatic carbocycles. The van der Waals surface area contributed by atoms with Gasteiger partial charge >= 0.3 is 0 Å². The summed E-state index contributed by atoms with van der Waals surface area (Å²) in [4.78, 5) is 0. The Labute approximate surface area is 214 Å². The molecule has 0 bridgehead atoms. The average molecular weight is 481 g/mol. The Morgan fingerprint density at radius 1 is 0.528 bits per heavy atom. The van der Waals surface area contributed by atoms with Crippen molar-refractivity contribution in [3.05, 3.63) is 108 Å². The fourth-order valence-electron chi connectivity index (χ4n) is 4.49. The van der Waals surface area contributed by atoms with E-state index in [1.54, 1.807) is 0 Å². The first-order valence-electron chi connectivity index (χ1n) is 12.7. The van der Waals surface area contributed by atoms with Crippen molar-refractivity contribution in [2.45, 2.75) is 51.4 Å². The third-order valence-electron chi connectivity index (χ3n) is 6.74. The fraction of sp³-hybridized carbons (Fsp3) is 0.250. The minimum Gasteiger partial charge on any atom is -0.457 e. The molecule has 0 radical (unpaired) electrons. The van der Waals surface area contributed by atoms with Gasteiger partial charge < -0.3 is 20.9 Å². The van der Waals surface area contributed by atoms with E-state index in [0.717, 1.165) is 40.8 Å². The Bertz CT molecular complexity index is 1120. The molecule has 4 N–H and O–H groups in total. The van der Waals surface area contributed by atoms with Crippen molar-refractivity contribution in [2.24, 2.45) is 0 Å². The van der Waals surface area contributed by atoms with Gasteiger partial charge in [-0.15, -0.1) is 0 Å². The molecule has 0 spiro atoms. The van der Waals surface area contributed by atoms with Gasteiger partial charge in [0.2, 0.25) is 0 Å². The average Bonchev–Trinajstić information content (AvgIpc) is 2.90. The van der Waals surface area contributed by atoms with Crippen LogP contribution in [0.4, 0.5) is 11.4 Å². The quantitative estimate of drug-likeness (QED) is 0.166. The van der Waals surface area contributed by atoms with Gasteiger partial charge in [-0.25, -0.2) is 0 Å². The number of rotatable bonds is 11. The molecule has 0 aliphatic rings. The lowest BCUT2D eigenvalue weighted by Crippen LogP contribution is -2.23.